The number of hydrogen-bond donors (Lipinski definition) is 1. The normalized spacial score (nSPS) is 25.1. The lowest BCUT2D eigenvalue weighted by molar-refractivity contribution is -0.142. The van der Waals surface area contributed by atoms with Gasteiger partial charge in [-0.15, -0.1) is 0 Å². The van der Waals surface area contributed by atoms with Gasteiger partial charge in [-0.2, -0.15) is 0 Å². The highest BCUT2D eigenvalue weighted by Gasteiger charge is 2.56. The van der Waals surface area contributed by atoms with E-state index in [9.17, 15) is 14.0 Å². The van der Waals surface area contributed by atoms with E-state index in [2.05, 4.69) is 10.3 Å². The monoisotopic (exact) mass is 408 g/mol. The van der Waals surface area contributed by atoms with Crippen LogP contribution in [0.4, 0.5) is 9.18 Å². The Morgan fingerprint density at radius 2 is 2.04 bits per heavy atom. The van der Waals surface area contributed by atoms with E-state index in [0.717, 1.165) is 38.0 Å². The largest absolute Gasteiger partial charge is 0.369 e. The van der Waals surface area contributed by atoms with Crippen LogP contribution in [0.5, 0.6) is 0 Å². The van der Waals surface area contributed by atoms with Crippen molar-refractivity contribution in [2.45, 2.75) is 24.8 Å². The zero-order chi connectivity index (χ0) is 19.5. The Morgan fingerprint density at radius 3 is 2.71 bits per heavy atom. The summed E-state index contributed by atoms with van der Waals surface area (Å²) in [5.74, 6) is -0.0498. The average Bonchev–Trinajstić information content (AvgIpc) is 2.54. The van der Waals surface area contributed by atoms with Crippen molar-refractivity contribution in [1.29, 1.82) is 0 Å². The van der Waals surface area contributed by atoms with Crippen LogP contribution in [-0.4, -0.2) is 71.7 Å². The van der Waals surface area contributed by atoms with Crippen molar-refractivity contribution in [3.8, 4) is 0 Å². The molecule has 1 aliphatic carbocycles. The fourth-order valence-corrected chi connectivity index (χ4v) is 5.46. The number of halogens is 2. The van der Waals surface area contributed by atoms with Gasteiger partial charge >= 0.3 is 6.03 Å². The molecular weight excluding hydrogens is 387 g/mol. The van der Waals surface area contributed by atoms with E-state index in [1.807, 2.05) is 4.90 Å². The summed E-state index contributed by atoms with van der Waals surface area (Å²) in [4.78, 5) is 31.9. The number of nitrogens with one attached hydrogen (secondary N) is 1. The molecule has 0 bridgehead atoms. The van der Waals surface area contributed by atoms with Gasteiger partial charge in [0.2, 0.25) is 5.91 Å². The third-order valence-electron chi connectivity index (χ3n) is 6.41. The van der Waals surface area contributed by atoms with Crippen LogP contribution < -0.4 is 5.32 Å². The quantitative estimate of drug-likeness (QED) is 0.803. The molecule has 3 aliphatic heterocycles. The molecule has 0 unspecified atom stereocenters. The fraction of sp³-hybridized carbons (Fsp3) is 0.632. The highest BCUT2D eigenvalue weighted by atomic mass is 35.5. The number of likely N-dealkylation sites (tertiary alicyclic amines) is 2. The lowest BCUT2D eigenvalue weighted by Gasteiger charge is -2.61. The van der Waals surface area contributed by atoms with Gasteiger partial charge in [0, 0.05) is 31.6 Å². The van der Waals surface area contributed by atoms with Crippen LogP contribution in [0.25, 0.3) is 0 Å². The lowest BCUT2D eigenvalue weighted by atomic mass is 9.57. The minimum absolute atomic E-state index is 0.0442. The Hall–Kier alpha value is -1.93. The molecule has 1 N–H and O–H groups in total. The maximum Gasteiger partial charge on any atom is 0.320 e. The minimum Gasteiger partial charge on any atom is -0.369 e. The first-order valence-corrected chi connectivity index (χ1v) is 9.96. The van der Waals surface area contributed by atoms with Gasteiger partial charge in [0.05, 0.1) is 29.1 Å². The molecule has 1 saturated carbocycles. The van der Waals surface area contributed by atoms with Gasteiger partial charge in [-0.25, -0.2) is 9.18 Å². The van der Waals surface area contributed by atoms with Gasteiger partial charge in [0.1, 0.15) is 12.4 Å². The van der Waals surface area contributed by atoms with Gasteiger partial charge < -0.3 is 19.9 Å². The Kier molecular flexibility index (Phi) is 4.07. The van der Waals surface area contributed by atoms with Gasteiger partial charge in [-0.05, 0) is 31.2 Å². The molecule has 9 heteroatoms. The fourth-order valence-electron chi connectivity index (χ4n) is 5.23. The van der Waals surface area contributed by atoms with Crippen molar-refractivity contribution in [2.24, 2.45) is 11.3 Å². The highest BCUT2D eigenvalue weighted by molar-refractivity contribution is 6.31. The first-order valence-electron chi connectivity index (χ1n) is 9.58. The van der Waals surface area contributed by atoms with Crippen LogP contribution in [0, 0.1) is 17.2 Å². The van der Waals surface area contributed by atoms with E-state index in [1.54, 1.807) is 4.90 Å². The summed E-state index contributed by atoms with van der Waals surface area (Å²) in [7, 11) is 0. The summed E-state index contributed by atoms with van der Waals surface area (Å²) >= 11 is 6.07. The third kappa shape index (κ3) is 3.03. The summed E-state index contributed by atoms with van der Waals surface area (Å²) in [6.07, 6.45) is 4.04. The summed E-state index contributed by atoms with van der Waals surface area (Å²) < 4.78 is 18.4. The van der Waals surface area contributed by atoms with Crippen LogP contribution in [0.3, 0.4) is 0 Å². The molecule has 4 heterocycles. The predicted molar refractivity (Wildman–Crippen MR) is 98.3 cm³/mol. The molecule has 3 amide bonds. The Labute approximate surface area is 167 Å². The van der Waals surface area contributed by atoms with Crippen LogP contribution in [-0.2, 0) is 16.0 Å². The molecular formula is C19H22ClFN4O3. The summed E-state index contributed by atoms with van der Waals surface area (Å²) in [6, 6.07) is 1.35. The zero-order valence-electron chi connectivity index (χ0n) is 15.4. The number of carbonyl (C=O) groups is 2. The van der Waals surface area contributed by atoms with Gasteiger partial charge in [-0.3, -0.25) is 9.78 Å². The van der Waals surface area contributed by atoms with Crippen molar-refractivity contribution >= 4 is 23.5 Å². The van der Waals surface area contributed by atoms with Crippen LogP contribution in [0.2, 0.25) is 5.02 Å². The number of urea groups is 1. The molecule has 0 aromatic carbocycles. The Bertz CT molecular complexity index is 830. The van der Waals surface area contributed by atoms with Gasteiger partial charge in [0.15, 0.2) is 0 Å². The maximum absolute atomic E-state index is 13.1. The van der Waals surface area contributed by atoms with Crippen LogP contribution in [0.1, 0.15) is 18.5 Å². The van der Waals surface area contributed by atoms with E-state index < -0.39 is 11.4 Å². The van der Waals surface area contributed by atoms with Crippen LogP contribution in [0.15, 0.2) is 12.3 Å². The van der Waals surface area contributed by atoms with E-state index in [0.29, 0.717) is 30.6 Å². The first-order chi connectivity index (χ1) is 13.4. The Morgan fingerprint density at radius 1 is 1.32 bits per heavy atom. The number of nitrogens with zero attached hydrogens (tertiary/aromatic N) is 3. The number of rotatable bonds is 2. The van der Waals surface area contributed by atoms with Gasteiger partial charge in [0.25, 0.3) is 0 Å². The molecule has 0 atom stereocenters. The third-order valence-corrected chi connectivity index (χ3v) is 6.73. The number of ether oxygens (including phenoxy) is 1. The molecule has 1 aromatic heterocycles. The molecule has 4 fully saturated rings. The molecule has 150 valence electrons. The van der Waals surface area contributed by atoms with E-state index in [4.69, 9.17) is 16.3 Å². The molecule has 2 spiro atoms. The number of hydrogen-bond acceptors (Lipinski definition) is 4. The summed E-state index contributed by atoms with van der Waals surface area (Å²) in [6.45, 7) is 3.15. The number of carbonyl (C=O) groups excluding carboxylic acids is 2. The second kappa shape index (κ2) is 6.29. The highest BCUT2D eigenvalue weighted by Crippen LogP contribution is 2.53. The maximum atomic E-state index is 13.1. The minimum atomic E-state index is -0.417. The summed E-state index contributed by atoms with van der Waals surface area (Å²) in [5, 5.41) is 3.33. The van der Waals surface area contributed by atoms with Crippen molar-refractivity contribution < 1.29 is 18.7 Å². The first kappa shape index (κ1) is 18.1. The predicted octanol–water partition coefficient (Wildman–Crippen LogP) is 1.45. The van der Waals surface area contributed by atoms with E-state index in [1.165, 1.54) is 12.3 Å². The lowest BCUT2D eigenvalue weighted by Crippen LogP contribution is -2.78. The Balaban J connectivity index is 1.08. The van der Waals surface area contributed by atoms with Crippen molar-refractivity contribution in [2.75, 3.05) is 39.4 Å². The topological polar surface area (TPSA) is 74.8 Å². The molecule has 28 heavy (non-hydrogen) atoms. The zero-order valence-corrected chi connectivity index (χ0v) is 16.2. The molecule has 3 saturated heterocycles. The second-order valence-electron chi connectivity index (χ2n) is 8.88. The molecule has 5 rings (SSSR count). The van der Waals surface area contributed by atoms with Crippen molar-refractivity contribution in [3.05, 3.63) is 28.8 Å². The van der Waals surface area contributed by atoms with E-state index in [-0.39, 0.29) is 24.0 Å². The van der Waals surface area contributed by atoms with Gasteiger partial charge in [-0.1, -0.05) is 11.6 Å². The van der Waals surface area contributed by atoms with E-state index >= 15 is 0 Å². The second-order valence-corrected chi connectivity index (χ2v) is 9.28. The van der Waals surface area contributed by atoms with Crippen molar-refractivity contribution in [3.63, 3.8) is 0 Å². The molecule has 0 radical (unpaired) electrons. The smallest absolute Gasteiger partial charge is 0.320 e. The molecule has 1 aromatic rings. The number of amides is 3. The number of aromatic nitrogens is 1. The van der Waals surface area contributed by atoms with Crippen molar-refractivity contribution in [1.82, 2.24) is 20.1 Å². The standard InChI is InChI=1S/C19H22ClFN4O3/c20-14-2-13(21)5-22-15(14)1-12-3-18(4-12)7-24(8-18)17(27)25-9-19(10-25)11-28-6-16(26)23-19/h2,5,12H,1,3-4,6-11H2,(H,23,26). The average molecular weight is 409 g/mol. The number of morpholine rings is 1. The molecule has 4 aliphatic rings. The number of pyridine rings is 1. The summed E-state index contributed by atoms with van der Waals surface area (Å²) in [5.41, 5.74) is 0.575. The molecule has 7 nitrogen and oxygen atoms in total. The van der Waals surface area contributed by atoms with Crippen LogP contribution >= 0.6 is 11.6 Å². The SMILES string of the molecule is O=C1COCC2(CN(C(=O)N3CC4(CC(Cc5ncc(F)cc5Cl)C4)C3)C2)N1.